The number of β-amino-alcohol motifs (C(OH)–C–C–N with tert-alkyl or cyclic N) is 1. The molecular formula is C20H30N2O3. The molecular weight excluding hydrogens is 316 g/mol. The predicted molar refractivity (Wildman–Crippen MR) is 97.8 cm³/mol. The second-order valence-corrected chi connectivity index (χ2v) is 7.46. The Labute approximate surface area is 150 Å². The third kappa shape index (κ3) is 4.73. The van der Waals surface area contributed by atoms with E-state index in [0.29, 0.717) is 31.5 Å². The highest BCUT2D eigenvalue weighted by atomic mass is 16.5. The van der Waals surface area contributed by atoms with E-state index in [9.17, 15) is 9.90 Å². The number of hydrogen-bond acceptors (Lipinski definition) is 4. The smallest absolute Gasteiger partial charge is 0.222 e. The van der Waals surface area contributed by atoms with Crippen LogP contribution in [0.25, 0.3) is 0 Å². The summed E-state index contributed by atoms with van der Waals surface area (Å²) in [6.45, 7) is 7.84. The Morgan fingerprint density at radius 1 is 1.24 bits per heavy atom. The van der Waals surface area contributed by atoms with Gasteiger partial charge in [0.2, 0.25) is 5.91 Å². The van der Waals surface area contributed by atoms with Crippen molar-refractivity contribution in [3.8, 4) is 5.75 Å². The van der Waals surface area contributed by atoms with E-state index in [1.165, 1.54) is 5.56 Å². The number of hydrogen-bond donors (Lipinski definition) is 1. The Bertz CT molecular complexity index is 597. The van der Waals surface area contributed by atoms with Gasteiger partial charge in [-0.05, 0) is 44.7 Å². The van der Waals surface area contributed by atoms with Crippen molar-refractivity contribution in [2.45, 2.75) is 51.7 Å². The summed E-state index contributed by atoms with van der Waals surface area (Å²) in [5, 5.41) is 10.3. The highest BCUT2D eigenvalue weighted by Crippen LogP contribution is 2.22. The topological polar surface area (TPSA) is 53.0 Å². The van der Waals surface area contributed by atoms with Gasteiger partial charge in [-0.1, -0.05) is 17.7 Å². The van der Waals surface area contributed by atoms with Crippen LogP contribution in [0.3, 0.4) is 0 Å². The van der Waals surface area contributed by atoms with Crippen LogP contribution in [-0.4, -0.2) is 65.7 Å². The lowest BCUT2D eigenvalue weighted by Gasteiger charge is -2.37. The molecule has 1 unspecified atom stereocenters. The van der Waals surface area contributed by atoms with Crippen LogP contribution in [0.15, 0.2) is 18.2 Å². The number of ether oxygens (including phenoxy) is 1. The molecule has 5 nitrogen and oxygen atoms in total. The molecule has 0 aliphatic carbocycles. The van der Waals surface area contributed by atoms with Crippen LogP contribution >= 0.6 is 0 Å². The second kappa shape index (κ2) is 8.19. The van der Waals surface area contributed by atoms with Crippen molar-refractivity contribution in [1.29, 1.82) is 0 Å². The maximum Gasteiger partial charge on any atom is 0.222 e. The van der Waals surface area contributed by atoms with E-state index in [2.05, 4.69) is 22.8 Å². The van der Waals surface area contributed by atoms with Crippen molar-refractivity contribution in [3.05, 3.63) is 29.3 Å². The van der Waals surface area contributed by atoms with Crippen molar-refractivity contribution in [2.75, 3.05) is 32.8 Å². The molecule has 2 saturated heterocycles. The zero-order valence-electron chi connectivity index (χ0n) is 15.4. The summed E-state index contributed by atoms with van der Waals surface area (Å²) >= 11 is 0. The lowest BCUT2D eigenvalue weighted by molar-refractivity contribution is -0.130. The summed E-state index contributed by atoms with van der Waals surface area (Å²) < 4.78 is 5.78. The average Bonchev–Trinajstić information content (AvgIpc) is 3.01. The number of carbonyl (C=O) groups is 1. The molecule has 0 bridgehead atoms. The van der Waals surface area contributed by atoms with Gasteiger partial charge in [0, 0.05) is 38.6 Å². The molecule has 1 amide bonds. The Balaban J connectivity index is 1.40. The molecule has 1 aromatic rings. The van der Waals surface area contributed by atoms with Gasteiger partial charge in [0.25, 0.3) is 0 Å². The van der Waals surface area contributed by atoms with Gasteiger partial charge in [-0.25, -0.2) is 0 Å². The Morgan fingerprint density at radius 2 is 2.00 bits per heavy atom. The van der Waals surface area contributed by atoms with Gasteiger partial charge < -0.3 is 19.6 Å². The maximum absolute atomic E-state index is 11.9. The number of amides is 1. The molecule has 1 aromatic carbocycles. The van der Waals surface area contributed by atoms with E-state index in [1.54, 1.807) is 0 Å². The molecule has 0 aromatic heterocycles. The normalized spacial score (nSPS) is 20.9. The molecule has 2 aliphatic rings. The van der Waals surface area contributed by atoms with Crippen LogP contribution in [0.4, 0.5) is 0 Å². The third-order valence-electron chi connectivity index (χ3n) is 5.34. The van der Waals surface area contributed by atoms with Crippen molar-refractivity contribution < 1.29 is 14.6 Å². The number of carbonyl (C=O) groups excluding carboxylic acids is 1. The third-order valence-corrected chi connectivity index (χ3v) is 5.34. The van der Waals surface area contributed by atoms with Gasteiger partial charge in [-0.3, -0.25) is 4.79 Å². The molecule has 2 fully saturated rings. The molecule has 0 saturated carbocycles. The molecule has 138 valence electrons. The molecule has 5 heteroatoms. The maximum atomic E-state index is 11.9. The molecule has 0 radical (unpaired) electrons. The summed E-state index contributed by atoms with van der Waals surface area (Å²) in [6.07, 6.45) is 3.25. The standard InChI is InChI=1S/C20H30N2O3/c1-15-5-6-19(16(2)12-15)25-14-18(23)13-21-10-7-17(8-11-21)22-9-3-4-20(22)24/h5-6,12,17-18,23H,3-4,7-11,13-14H2,1-2H3. The van der Waals surface area contributed by atoms with Crippen molar-refractivity contribution in [2.24, 2.45) is 0 Å². The zero-order valence-corrected chi connectivity index (χ0v) is 15.4. The van der Waals surface area contributed by atoms with Crippen LogP contribution in [0.2, 0.25) is 0 Å². The Hall–Kier alpha value is -1.59. The van der Waals surface area contributed by atoms with Crippen molar-refractivity contribution >= 4 is 5.91 Å². The lowest BCUT2D eigenvalue weighted by atomic mass is 10.0. The van der Waals surface area contributed by atoms with Gasteiger partial charge in [-0.15, -0.1) is 0 Å². The van der Waals surface area contributed by atoms with Crippen LogP contribution < -0.4 is 4.74 Å². The Kier molecular flexibility index (Phi) is 5.97. The number of piperidine rings is 1. The fourth-order valence-corrected chi connectivity index (χ4v) is 3.97. The first-order valence-electron chi connectivity index (χ1n) is 9.43. The zero-order chi connectivity index (χ0) is 17.8. The molecule has 0 spiro atoms. The average molecular weight is 346 g/mol. The Morgan fingerprint density at radius 3 is 2.64 bits per heavy atom. The van der Waals surface area contributed by atoms with Crippen LogP contribution in [0.5, 0.6) is 5.75 Å². The van der Waals surface area contributed by atoms with E-state index < -0.39 is 6.10 Å². The van der Waals surface area contributed by atoms with Gasteiger partial charge in [-0.2, -0.15) is 0 Å². The van der Waals surface area contributed by atoms with Gasteiger partial charge in [0.1, 0.15) is 18.5 Å². The molecule has 2 heterocycles. The number of aliphatic hydroxyl groups excluding tert-OH is 1. The van der Waals surface area contributed by atoms with Crippen LogP contribution in [-0.2, 0) is 4.79 Å². The summed E-state index contributed by atoms with van der Waals surface area (Å²) in [5.41, 5.74) is 2.31. The fraction of sp³-hybridized carbons (Fsp3) is 0.650. The molecule has 1 atom stereocenters. The lowest BCUT2D eigenvalue weighted by Crippen LogP contribution is -2.47. The number of benzene rings is 1. The minimum absolute atomic E-state index is 0.314. The summed E-state index contributed by atoms with van der Waals surface area (Å²) in [5.74, 6) is 1.16. The van der Waals surface area contributed by atoms with E-state index >= 15 is 0 Å². The summed E-state index contributed by atoms with van der Waals surface area (Å²) in [7, 11) is 0. The van der Waals surface area contributed by atoms with Crippen molar-refractivity contribution in [1.82, 2.24) is 9.80 Å². The summed E-state index contributed by atoms with van der Waals surface area (Å²) in [4.78, 5) is 16.2. The van der Waals surface area contributed by atoms with E-state index in [-0.39, 0.29) is 0 Å². The van der Waals surface area contributed by atoms with Gasteiger partial charge >= 0.3 is 0 Å². The highest BCUT2D eigenvalue weighted by Gasteiger charge is 2.31. The first-order chi connectivity index (χ1) is 12.0. The van der Waals surface area contributed by atoms with Crippen molar-refractivity contribution in [3.63, 3.8) is 0 Å². The number of likely N-dealkylation sites (tertiary alicyclic amines) is 2. The number of aliphatic hydroxyl groups is 1. The quantitative estimate of drug-likeness (QED) is 0.857. The summed E-state index contributed by atoms with van der Waals surface area (Å²) in [6, 6.07) is 6.48. The minimum Gasteiger partial charge on any atom is -0.491 e. The van der Waals surface area contributed by atoms with Crippen LogP contribution in [0.1, 0.15) is 36.8 Å². The van der Waals surface area contributed by atoms with E-state index in [1.807, 2.05) is 19.1 Å². The van der Waals surface area contributed by atoms with Crippen LogP contribution in [0, 0.1) is 13.8 Å². The first-order valence-corrected chi connectivity index (χ1v) is 9.43. The predicted octanol–water partition coefficient (Wildman–Crippen LogP) is 2.13. The van der Waals surface area contributed by atoms with Gasteiger partial charge in [0.05, 0.1) is 0 Å². The van der Waals surface area contributed by atoms with E-state index in [4.69, 9.17) is 4.74 Å². The molecule has 2 aliphatic heterocycles. The SMILES string of the molecule is Cc1ccc(OCC(O)CN2CCC(N3CCCC3=O)CC2)c(C)c1. The molecule has 1 N–H and O–H groups in total. The van der Waals surface area contributed by atoms with Gasteiger partial charge in [0.15, 0.2) is 0 Å². The molecule has 3 rings (SSSR count). The fourth-order valence-electron chi connectivity index (χ4n) is 3.97. The van der Waals surface area contributed by atoms with E-state index in [0.717, 1.165) is 50.2 Å². The highest BCUT2D eigenvalue weighted by molar-refractivity contribution is 5.78. The number of aryl methyl sites for hydroxylation is 2. The largest absolute Gasteiger partial charge is 0.491 e. The number of nitrogens with zero attached hydrogens (tertiary/aromatic N) is 2. The first kappa shape index (κ1) is 18.2. The monoisotopic (exact) mass is 346 g/mol. The molecule has 25 heavy (non-hydrogen) atoms. The number of rotatable bonds is 6. The second-order valence-electron chi connectivity index (χ2n) is 7.46. The minimum atomic E-state index is -0.495.